The third-order valence-electron chi connectivity index (χ3n) is 5.16. The van der Waals surface area contributed by atoms with Gasteiger partial charge in [0.25, 0.3) is 11.5 Å². The molecule has 31 heavy (non-hydrogen) atoms. The van der Waals surface area contributed by atoms with E-state index in [1.54, 1.807) is 10.9 Å². The molecule has 0 spiro atoms. The van der Waals surface area contributed by atoms with Crippen LogP contribution in [0.4, 0.5) is 0 Å². The van der Waals surface area contributed by atoms with Crippen molar-refractivity contribution in [3.63, 3.8) is 0 Å². The highest BCUT2D eigenvalue weighted by Gasteiger charge is 2.18. The van der Waals surface area contributed by atoms with E-state index in [0.29, 0.717) is 23.4 Å². The Morgan fingerprint density at radius 1 is 1.03 bits per heavy atom. The number of carbonyl (C=O) groups excluding carboxylic acids is 1. The van der Waals surface area contributed by atoms with Gasteiger partial charge in [0.15, 0.2) is 0 Å². The highest BCUT2D eigenvalue weighted by Crippen LogP contribution is 2.22. The first-order chi connectivity index (χ1) is 15.0. The molecule has 0 saturated carbocycles. The molecule has 2 N–H and O–H groups in total. The number of pyridine rings is 1. The van der Waals surface area contributed by atoms with E-state index in [-0.39, 0.29) is 18.0 Å². The Hall–Kier alpha value is -3.93. The van der Waals surface area contributed by atoms with E-state index in [0.717, 1.165) is 22.4 Å². The van der Waals surface area contributed by atoms with Crippen LogP contribution >= 0.6 is 0 Å². The summed E-state index contributed by atoms with van der Waals surface area (Å²) in [4.78, 5) is 28.2. The fourth-order valence-electron chi connectivity index (χ4n) is 3.61. The van der Waals surface area contributed by atoms with Gasteiger partial charge in [-0.15, -0.1) is 0 Å². The third kappa shape index (κ3) is 4.64. The number of H-pyrrole nitrogens is 1. The molecule has 1 amide bonds. The smallest absolute Gasteiger partial charge is 0.255 e. The minimum atomic E-state index is -0.266. The van der Waals surface area contributed by atoms with Crippen molar-refractivity contribution in [1.82, 2.24) is 20.1 Å². The summed E-state index contributed by atoms with van der Waals surface area (Å²) < 4.78 is 1.77. The van der Waals surface area contributed by atoms with Crippen molar-refractivity contribution >= 4 is 5.91 Å². The molecule has 0 radical (unpaired) electrons. The minimum Gasteiger partial charge on any atom is -0.348 e. The number of hydrogen-bond acceptors (Lipinski definition) is 3. The molecular formula is C25H24N4O2. The van der Waals surface area contributed by atoms with E-state index >= 15 is 0 Å². The zero-order valence-corrected chi connectivity index (χ0v) is 17.6. The zero-order chi connectivity index (χ0) is 21.8. The lowest BCUT2D eigenvalue weighted by Gasteiger charge is -2.08. The topological polar surface area (TPSA) is 79.8 Å². The van der Waals surface area contributed by atoms with Gasteiger partial charge in [-0.3, -0.25) is 14.3 Å². The number of nitrogens with one attached hydrogen (secondary N) is 2. The maximum absolute atomic E-state index is 13.1. The number of amides is 1. The summed E-state index contributed by atoms with van der Waals surface area (Å²) in [5, 5.41) is 7.58. The molecule has 2 heterocycles. The van der Waals surface area contributed by atoms with E-state index < -0.39 is 0 Å². The second kappa shape index (κ2) is 8.83. The van der Waals surface area contributed by atoms with E-state index in [1.165, 1.54) is 0 Å². The highest BCUT2D eigenvalue weighted by molar-refractivity contribution is 5.99. The van der Waals surface area contributed by atoms with Crippen LogP contribution in [0.2, 0.25) is 0 Å². The van der Waals surface area contributed by atoms with Crippen LogP contribution < -0.4 is 10.9 Å². The fourth-order valence-corrected chi connectivity index (χ4v) is 3.61. The van der Waals surface area contributed by atoms with Crippen molar-refractivity contribution in [2.24, 2.45) is 0 Å². The number of carbonyl (C=O) groups is 1. The molecular weight excluding hydrogens is 388 g/mol. The normalized spacial score (nSPS) is 10.8. The molecule has 0 unspecified atom stereocenters. The van der Waals surface area contributed by atoms with Crippen LogP contribution in [0, 0.1) is 13.8 Å². The van der Waals surface area contributed by atoms with Gasteiger partial charge in [0.05, 0.1) is 12.1 Å². The quantitative estimate of drug-likeness (QED) is 0.505. The molecule has 0 aliphatic heterocycles. The molecule has 0 bridgehead atoms. The van der Waals surface area contributed by atoms with Gasteiger partial charge in [0.2, 0.25) is 0 Å². The van der Waals surface area contributed by atoms with E-state index in [9.17, 15) is 9.59 Å². The van der Waals surface area contributed by atoms with Crippen LogP contribution in [0.3, 0.4) is 0 Å². The number of aryl methyl sites for hydroxylation is 2. The van der Waals surface area contributed by atoms with Crippen molar-refractivity contribution in [3.8, 4) is 11.3 Å². The third-order valence-corrected chi connectivity index (χ3v) is 5.16. The van der Waals surface area contributed by atoms with E-state index in [4.69, 9.17) is 0 Å². The number of nitrogens with zero attached hydrogens (tertiary/aromatic N) is 2. The molecule has 2 aromatic heterocycles. The molecule has 0 atom stereocenters. The van der Waals surface area contributed by atoms with Gasteiger partial charge in [0.1, 0.15) is 5.69 Å². The van der Waals surface area contributed by atoms with Crippen LogP contribution in [0.1, 0.15) is 32.7 Å². The van der Waals surface area contributed by atoms with E-state index in [2.05, 4.69) is 15.4 Å². The number of hydrogen-bond donors (Lipinski definition) is 2. The monoisotopic (exact) mass is 412 g/mol. The average molecular weight is 412 g/mol. The second-order valence-electron chi connectivity index (χ2n) is 7.57. The van der Waals surface area contributed by atoms with Gasteiger partial charge >= 0.3 is 0 Å². The Labute approximate surface area is 180 Å². The predicted molar refractivity (Wildman–Crippen MR) is 121 cm³/mol. The lowest BCUT2D eigenvalue weighted by Crippen LogP contribution is -2.28. The second-order valence-corrected chi connectivity index (χ2v) is 7.57. The Morgan fingerprint density at radius 2 is 1.71 bits per heavy atom. The Morgan fingerprint density at radius 3 is 2.39 bits per heavy atom. The predicted octanol–water partition coefficient (Wildman–Crippen LogP) is 3.83. The first-order valence-electron chi connectivity index (χ1n) is 10.2. The van der Waals surface area contributed by atoms with Crippen LogP contribution in [-0.4, -0.2) is 20.7 Å². The summed E-state index contributed by atoms with van der Waals surface area (Å²) in [6.45, 7) is 4.42. The van der Waals surface area contributed by atoms with Crippen molar-refractivity contribution in [1.29, 1.82) is 0 Å². The zero-order valence-electron chi connectivity index (χ0n) is 17.6. The Bertz CT molecular complexity index is 1260. The van der Waals surface area contributed by atoms with Gasteiger partial charge in [-0.2, -0.15) is 5.10 Å². The molecule has 0 saturated heterocycles. The highest BCUT2D eigenvalue weighted by atomic mass is 16.2. The molecule has 0 aliphatic carbocycles. The largest absolute Gasteiger partial charge is 0.348 e. The first-order valence-corrected chi connectivity index (χ1v) is 10.2. The van der Waals surface area contributed by atoms with Gasteiger partial charge in [-0.25, -0.2) is 0 Å². The maximum atomic E-state index is 13.1. The van der Waals surface area contributed by atoms with Crippen LogP contribution in [-0.2, 0) is 13.1 Å². The molecule has 6 nitrogen and oxygen atoms in total. The lowest BCUT2D eigenvalue weighted by atomic mass is 10.1. The minimum absolute atomic E-state index is 0.151. The molecule has 2 aromatic carbocycles. The lowest BCUT2D eigenvalue weighted by molar-refractivity contribution is 0.0951. The SMILES string of the molecule is Cc1cc(C)c(CNC(=O)c2cn(Cc3ccccc3)nc2-c2ccccc2)c(=O)[nH]1. The fraction of sp³-hybridized carbons (Fsp3) is 0.160. The molecule has 0 fully saturated rings. The summed E-state index contributed by atoms with van der Waals surface area (Å²) in [6, 6.07) is 21.5. The molecule has 4 rings (SSSR count). The van der Waals surface area contributed by atoms with Crippen LogP contribution in [0.25, 0.3) is 11.3 Å². The number of aromatic nitrogens is 3. The summed E-state index contributed by atoms with van der Waals surface area (Å²) in [6.07, 6.45) is 1.76. The average Bonchev–Trinajstić information content (AvgIpc) is 3.18. The van der Waals surface area contributed by atoms with Gasteiger partial charge < -0.3 is 10.3 Å². The van der Waals surface area contributed by atoms with Gasteiger partial charge in [-0.05, 0) is 31.0 Å². The molecule has 4 aromatic rings. The first kappa shape index (κ1) is 20.3. The van der Waals surface area contributed by atoms with Gasteiger partial charge in [0, 0.05) is 29.6 Å². The summed E-state index contributed by atoms with van der Waals surface area (Å²) in [5.41, 5.74) is 5.07. The maximum Gasteiger partial charge on any atom is 0.255 e. The van der Waals surface area contributed by atoms with E-state index in [1.807, 2.05) is 80.6 Å². The van der Waals surface area contributed by atoms with Gasteiger partial charge in [-0.1, -0.05) is 60.7 Å². The standard InChI is InChI=1S/C25H24N4O2/c1-17-13-18(2)27-25(31)21(17)14-26-24(30)22-16-29(15-19-9-5-3-6-10-19)28-23(22)20-11-7-4-8-12-20/h3-13,16H,14-15H2,1-2H3,(H,26,30)(H,27,31). The molecule has 0 aliphatic rings. The molecule has 156 valence electrons. The van der Waals surface area contributed by atoms with Crippen LogP contribution in [0.15, 0.2) is 77.7 Å². The van der Waals surface area contributed by atoms with Crippen molar-refractivity contribution in [2.45, 2.75) is 26.9 Å². The number of aromatic amines is 1. The summed E-state index contributed by atoms with van der Waals surface area (Å²) in [7, 11) is 0. The Kier molecular flexibility index (Phi) is 5.80. The number of rotatable bonds is 6. The number of benzene rings is 2. The van der Waals surface area contributed by atoms with Crippen molar-refractivity contribution < 1.29 is 4.79 Å². The van der Waals surface area contributed by atoms with Crippen molar-refractivity contribution in [2.75, 3.05) is 0 Å². The van der Waals surface area contributed by atoms with Crippen LogP contribution in [0.5, 0.6) is 0 Å². The summed E-state index contributed by atoms with van der Waals surface area (Å²) in [5.74, 6) is -0.266. The van der Waals surface area contributed by atoms with Crippen molar-refractivity contribution in [3.05, 3.63) is 111 Å². The Balaban J connectivity index is 1.63. The molecule has 6 heteroatoms. The summed E-state index contributed by atoms with van der Waals surface area (Å²) >= 11 is 0.